The van der Waals surface area contributed by atoms with Gasteiger partial charge in [-0.15, -0.1) is 0 Å². The summed E-state index contributed by atoms with van der Waals surface area (Å²) < 4.78 is 0. The molecule has 2 aromatic rings. The average molecular weight is 300 g/mol. The molecule has 0 aliphatic rings. The summed E-state index contributed by atoms with van der Waals surface area (Å²) >= 11 is 1.33. The first-order chi connectivity index (χ1) is 10.2. The molecule has 1 heterocycles. The first kappa shape index (κ1) is 15.2. The van der Waals surface area contributed by atoms with Crippen LogP contribution in [0.15, 0.2) is 30.5 Å². The first-order valence-electron chi connectivity index (χ1n) is 6.58. The number of anilines is 1. The molecule has 1 aromatic carbocycles. The van der Waals surface area contributed by atoms with Crippen molar-refractivity contribution in [2.45, 2.75) is 19.8 Å². The maximum atomic E-state index is 11.9. The summed E-state index contributed by atoms with van der Waals surface area (Å²) in [6, 6.07) is 7.87. The minimum absolute atomic E-state index is 0.0476. The standard InChI is InChI=1S/C16H16N2O2S/c1-12-5-7-13(8-6-12)10-15(20)18-16-17-11-14(21-16)4-2-3-9-19/h5-8,11,19H,3,9-10H2,1H3,(H,17,18,20). The Labute approximate surface area is 127 Å². The summed E-state index contributed by atoms with van der Waals surface area (Å²) in [6.07, 6.45) is 2.38. The summed E-state index contributed by atoms with van der Waals surface area (Å²) in [6.45, 7) is 2.06. The third kappa shape index (κ3) is 5.03. The van der Waals surface area contributed by atoms with Crippen molar-refractivity contribution in [1.82, 2.24) is 4.98 Å². The second-order valence-corrected chi connectivity index (χ2v) is 5.55. The predicted molar refractivity (Wildman–Crippen MR) is 84.2 cm³/mol. The molecule has 0 saturated heterocycles. The maximum absolute atomic E-state index is 11.9. The van der Waals surface area contributed by atoms with Crippen LogP contribution in [0, 0.1) is 18.8 Å². The number of carbonyl (C=O) groups is 1. The number of nitrogens with zero attached hydrogens (tertiary/aromatic N) is 1. The zero-order valence-electron chi connectivity index (χ0n) is 11.7. The van der Waals surface area contributed by atoms with E-state index in [0.29, 0.717) is 18.0 Å². The predicted octanol–water partition coefficient (Wildman–Crippen LogP) is 2.37. The third-order valence-corrected chi connectivity index (χ3v) is 3.51. The van der Waals surface area contributed by atoms with Gasteiger partial charge in [-0.1, -0.05) is 53.0 Å². The number of hydrogen-bond donors (Lipinski definition) is 2. The van der Waals surface area contributed by atoms with Gasteiger partial charge in [0.25, 0.3) is 0 Å². The van der Waals surface area contributed by atoms with Gasteiger partial charge in [-0.25, -0.2) is 4.98 Å². The van der Waals surface area contributed by atoms with Crippen LogP contribution in [0.25, 0.3) is 0 Å². The molecule has 0 aliphatic carbocycles. The largest absolute Gasteiger partial charge is 0.395 e. The van der Waals surface area contributed by atoms with Crippen LogP contribution in [-0.2, 0) is 11.2 Å². The molecule has 0 atom stereocenters. The molecule has 21 heavy (non-hydrogen) atoms. The van der Waals surface area contributed by atoms with E-state index in [2.05, 4.69) is 22.1 Å². The highest BCUT2D eigenvalue weighted by Crippen LogP contribution is 2.17. The minimum Gasteiger partial charge on any atom is -0.395 e. The highest BCUT2D eigenvalue weighted by atomic mass is 32.1. The maximum Gasteiger partial charge on any atom is 0.230 e. The van der Waals surface area contributed by atoms with E-state index >= 15 is 0 Å². The van der Waals surface area contributed by atoms with E-state index < -0.39 is 0 Å². The summed E-state index contributed by atoms with van der Waals surface area (Å²) in [7, 11) is 0. The fourth-order valence-corrected chi connectivity index (χ4v) is 2.36. The molecule has 0 spiro atoms. The lowest BCUT2D eigenvalue weighted by atomic mass is 10.1. The normalized spacial score (nSPS) is 9.81. The lowest BCUT2D eigenvalue weighted by molar-refractivity contribution is -0.115. The van der Waals surface area contributed by atoms with Crippen molar-refractivity contribution in [1.29, 1.82) is 0 Å². The molecule has 0 bridgehead atoms. The zero-order valence-corrected chi connectivity index (χ0v) is 12.5. The Morgan fingerprint density at radius 3 is 2.86 bits per heavy atom. The summed E-state index contributed by atoms with van der Waals surface area (Å²) in [5.74, 6) is 5.62. The highest BCUT2D eigenvalue weighted by molar-refractivity contribution is 7.16. The molecule has 0 radical (unpaired) electrons. The number of amides is 1. The zero-order chi connectivity index (χ0) is 15.1. The van der Waals surface area contributed by atoms with Crippen LogP contribution in [0.4, 0.5) is 5.13 Å². The van der Waals surface area contributed by atoms with E-state index in [1.165, 1.54) is 16.9 Å². The summed E-state index contributed by atoms with van der Waals surface area (Å²) in [5, 5.41) is 12.0. The smallest absolute Gasteiger partial charge is 0.230 e. The molecule has 2 N–H and O–H groups in total. The molecule has 0 saturated carbocycles. The van der Waals surface area contributed by atoms with Crippen LogP contribution in [-0.4, -0.2) is 22.6 Å². The van der Waals surface area contributed by atoms with Crippen molar-refractivity contribution in [3.63, 3.8) is 0 Å². The number of aromatic nitrogens is 1. The van der Waals surface area contributed by atoms with Crippen LogP contribution in [0.1, 0.15) is 22.4 Å². The highest BCUT2D eigenvalue weighted by Gasteiger charge is 2.07. The molecule has 4 nitrogen and oxygen atoms in total. The van der Waals surface area contributed by atoms with Gasteiger partial charge in [0.15, 0.2) is 5.13 Å². The van der Waals surface area contributed by atoms with Crippen molar-refractivity contribution in [2.75, 3.05) is 11.9 Å². The van der Waals surface area contributed by atoms with Gasteiger partial charge in [-0.2, -0.15) is 0 Å². The third-order valence-electron chi connectivity index (χ3n) is 2.69. The molecule has 0 aliphatic heterocycles. The van der Waals surface area contributed by atoms with E-state index in [1.807, 2.05) is 31.2 Å². The second kappa shape index (κ2) is 7.58. The lowest BCUT2D eigenvalue weighted by Gasteiger charge is -2.02. The van der Waals surface area contributed by atoms with E-state index in [4.69, 9.17) is 5.11 Å². The topological polar surface area (TPSA) is 62.2 Å². The van der Waals surface area contributed by atoms with E-state index in [0.717, 1.165) is 10.4 Å². The van der Waals surface area contributed by atoms with E-state index in [-0.39, 0.29) is 12.5 Å². The van der Waals surface area contributed by atoms with Gasteiger partial charge in [0.1, 0.15) is 0 Å². The van der Waals surface area contributed by atoms with Crippen LogP contribution in [0.5, 0.6) is 0 Å². The second-order valence-electron chi connectivity index (χ2n) is 4.52. The molecule has 2 rings (SSSR count). The molecule has 5 heteroatoms. The van der Waals surface area contributed by atoms with Gasteiger partial charge in [-0.05, 0) is 12.5 Å². The molecular formula is C16H16N2O2S. The molecular weight excluding hydrogens is 284 g/mol. The van der Waals surface area contributed by atoms with Gasteiger partial charge in [0, 0.05) is 6.42 Å². The summed E-state index contributed by atoms with van der Waals surface area (Å²) in [5.41, 5.74) is 2.14. The van der Waals surface area contributed by atoms with Crippen molar-refractivity contribution in [2.24, 2.45) is 0 Å². The Balaban J connectivity index is 1.91. The van der Waals surface area contributed by atoms with E-state index in [1.54, 1.807) is 6.20 Å². The number of rotatable bonds is 4. The summed E-state index contributed by atoms with van der Waals surface area (Å²) in [4.78, 5) is 16.8. The molecule has 0 unspecified atom stereocenters. The van der Waals surface area contributed by atoms with Crippen molar-refractivity contribution in [3.8, 4) is 11.8 Å². The Hall–Kier alpha value is -2.16. The van der Waals surface area contributed by atoms with Gasteiger partial charge < -0.3 is 10.4 Å². The number of carbonyl (C=O) groups excluding carboxylic acids is 1. The van der Waals surface area contributed by atoms with Crippen LogP contribution >= 0.6 is 11.3 Å². The Morgan fingerprint density at radius 1 is 1.38 bits per heavy atom. The monoisotopic (exact) mass is 300 g/mol. The number of aryl methyl sites for hydroxylation is 1. The Morgan fingerprint density at radius 2 is 2.14 bits per heavy atom. The number of aliphatic hydroxyl groups is 1. The van der Waals surface area contributed by atoms with Crippen molar-refractivity contribution >= 4 is 22.4 Å². The number of thiazole rings is 1. The number of hydrogen-bond acceptors (Lipinski definition) is 4. The van der Waals surface area contributed by atoms with Gasteiger partial charge in [0.05, 0.1) is 24.1 Å². The first-order valence-corrected chi connectivity index (χ1v) is 7.40. The fraction of sp³-hybridized carbons (Fsp3) is 0.250. The van der Waals surface area contributed by atoms with Gasteiger partial charge >= 0.3 is 0 Å². The van der Waals surface area contributed by atoms with Gasteiger partial charge in [-0.3, -0.25) is 4.79 Å². The van der Waals surface area contributed by atoms with Crippen LogP contribution in [0.3, 0.4) is 0 Å². The quantitative estimate of drug-likeness (QED) is 0.852. The SMILES string of the molecule is Cc1ccc(CC(=O)Nc2ncc(C#CCCO)s2)cc1. The van der Waals surface area contributed by atoms with Crippen molar-refractivity contribution < 1.29 is 9.90 Å². The molecule has 0 fully saturated rings. The Kier molecular flexibility index (Phi) is 5.50. The fourth-order valence-electron chi connectivity index (χ4n) is 1.65. The van der Waals surface area contributed by atoms with E-state index in [9.17, 15) is 4.79 Å². The number of nitrogens with one attached hydrogen (secondary N) is 1. The molecule has 1 amide bonds. The minimum atomic E-state index is -0.0944. The van der Waals surface area contributed by atoms with Crippen molar-refractivity contribution in [3.05, 3.63) is 46.5 Å². The van der Waals surface area contributed by atoms with Crippen LogP contribution in [0.2, 0.25) is 0 Å². The average Bonchev–Trinajstić information content (AvgIpc) is 2.89. The lowest BCUT2D eigenvalue weighted by Crippen LogP contribution is -2.14. The molecule has 108 valence electrons. The Bertz CT molecular complexity index is 666. The van der Waals surface area contributed by atoms with Gasteiger partial charge in [0.2, 0.25) is 5.91 Å². The number of aliphatic hydroxyl groups excluding tert-OH is 1. The van der Waals surface area contributed by atoms with Crippen LogP contribution < -0.4 is 5.32 Å². The molecule has 1 aromatic heterocycles. The number of benzene rings is 1.